The number of halogens is 2. The molecule has 9 nitrogen and oxygen atoms in total. The van der Waals surface area contributed by atoms with Crippen molar-refractivity contribution < 1.29 is 9.18 Å². The molecule has 1 amide bonds. The summed E-state index contributed by atoms with van der Waals surface area (Å²) in [5, 5.41) is 16.4. The van der Waals surface area contributed by atoms with E-state index < -0.39 is 0 Å². The van der Waals surface area contributed by atoms with Gasteiger partial charge in [-0.15, -0.1) is 0 Å². The third-order valence-electron chi connectivity index (χ3n) is 6.92. The molecule has 2 aromatic heterocycles. The van der Waals surface area contributed by atoms with Crippen molar-refractivity contribution in [3.63, 3.8) is 0 Å². The minimum Gasteiger partial charge on any atom is -0.353 e. The smallest absolute Gasteiger partial charge is 0.229 e. The van der Waals surface area contributed by atoms with Gasteiger partial charge in [0.1, 0.15) is 10.8 Å². The van der Waals surface area contributed by atoms with Crippen LogP contribution in [0.1, 0.15) is 54.8 Å². The number of carbonyl (C=O) groups excluding carboxylic acids is 1. The minimum absolute atomic E-state index is 0.148. The summed E-state index contributed by atoms with van der Waals surface area (Å²) in [6, 6.07) is 5.66. The van der Waals surface area contributed by atoms with Gasteiger partial charge in [0, 0.05) is 30.8 Å². The largest absolute Gasteiger partial charge is 0.353 e. The van der Waals surface area contributed by atoms with Gasteiger partial charge in [-0.25, -0.2) is 9.37 Å². The second-order valence-corrected chi connectivity index (χ2v) is 10.4. The maximum Gasteiger partial charge on any atom is 0.229 e. The molecule has 1 aliphatic heterocycles. The van der Waals surface area contributed by atoms with E-state index in [9.17, 15) is 4.79 Å². The van der Waals surface area contributed by atoms with Crippen LogP contribution in [0.4, 0.5) is 27.7 Å². The lowest BCUT2D eigenvalue weighted by molar-refractivity contribution is -0.121. The van der Waals surface area contributed by atoms with Crippen LogP contribution in [-0.4, -0.2) is 56.6 Å². The fourth-order valence-corrected chi connectivity index (χ4v) is 4.86. The number of rotatable bonds is 9. The lowest BCUT2D eigenvalue weighted by Crippen LogP contribution is -2.36. The number of H-pyrrole nitrogens is 1. The summed E-state index contributed by atoms with van der Waals surface area (Å²) in [4.78, 5) is 22.9. The number of anilines is 4. The quantitative estimate of drug-likeness (QED) is 0.312. The van der Waals surface area contributed by atoms with E-state index in [-0.39, 0.29) is 17.7 Å². The number of hydrogen-bond donors (Lipinski definition) is 4. The highest BCUT2D eigenvalue weighted by Gasteiger charge is 2.25. The van der Waals surface area contributed by atoms with Crippen molar-refractivity contribution >= 4 is 40.8 Å². The van der Waals surface area contributed by atoms with E-state index >= 15 is 4.39 Å². The molecule has 0 bridgehead atoms. The Hall–Kier alpha value is -3.24. The van der Waals surface area contributed by atoms with Crippen molar-refractivity contribution in [1.29, 1.82) is 0 Å². The van der Waals surface area contributed by atoms with Gasteiger partial charge in [0.15, 0.2) is 11.6 Å². The number of amides is 1. The molecule has 5 rings (SSSR count). The van der Waals surface area contributed by atoms with Crippen molar-refractivity contribution in [2.45, 2.75) is 57.9 Å². The van der Waals surface area contributed by atoms with Crippen LogP contribution in [0, 0.1) is 19.7 Å². The van der Waals surface area contributed by atoms with Crippen LogP contribution in [0.5, 0.6) is 0 Å². The molecular weight excluding hydrogens is 495 g/mol. The molecule has 1 aliphatic carbocycles. The molecular formula is C26H32ClFN8O. The number of benzene rings is 1. The Bertz CT molecular complexity index is 1270. The lowest BCUT2D eigenvalue weighted by atomic mass is 9.86. The highest BCUT2D eigenvalue weighted by Crippen LogP contribution is 2.34. The Labute approximate surface area is 220 Å². The summed E-state index contributed by atoms with van der Waals surface area (Å²) >= 11 is 6.24. The second-order valence-electron chi connectivity index (χ2n) is 9.97. The first-order valence-electron chi connectivity index (χ1n) is 12.7. The molecule has 1 saturated heterocycles. The maximum atomic E-state index is 15.2. The number of aryl methyl sites for hydroxylation is 2. The molecule has 196 valence electrons. The molecule has 0 spiro atoms. The van der Waals surface area contributed by atoms with Gasteiger partial charge in [0.2, 0.25) is 11.9 Å². The summed E-state index contributed by atoms with van der Waals surface area (Å²) in [5.41, 5.74) is 3.25. The fourth-order valence-electron chi connectivity index (χ4n) is 4.73. The van der Waals surface area contributed by atoms with Crippen molar-refractivity contribution in [1.82, 2.24) is 30.4 Å². The Morgan fingerprint density at radius 1 is 1.16 bits per heavy atom. The third kappa shape index (κ3) is 6.56. The van der Waals surface area contributed by atoms with Crippen molar-refractivity contribution in [3.05, 3.63) is 52.1 Å². The summed E-state index contributed by atoms with van der Waals surface area (Å²) in [5.74, 6) is 1.26. The summed E-state index contributed by atoms with van der Waals surface area (Å²) < 4.78 is 15.2. The van der Waals surface area contributed by atoms with Crippen molar-refractivity contribution in [2.75, 3.05) is 30.3 Å². The molecule has 0 atom stereocenters. The fraction of sp³-hybridized carbons (Fsp3) is 0.462. The van der Waals surface area contributed by atoms with Gasteiger partial charge in [-0.3, -0.25) is 9.89 Å². The van der Waals surface area contributed by atoms with Crippen LogP contribution >= 0.6 is 11.6 Å². The second kappa shape index (κ2) is 11.0. The Morgan fingerprint density at radius 2 is 1.95 bits per heavy atom. The monoisotopic (exact) mass is 526 g/mol. The van der Waals surface area contributed by atoms with Crippen LogP contribution in [0.25, 0.3) is 0 Å². The van der Waals surface area contributed by atoms with Gasteiger partial charge in [0.05, 0.1) is 11.9 Å². The van der Waals surface area contributed by atoms with Gasteiger partial charge in [-0.05, 0) is 81.8 Å². The topological polar surface area (TPSA) is 111 Å². The Kier molecular flexibility index (Phi) is 7.57. The van der Waals surface area contributed by atoms with Crippen LogP contribution < -0.4 is 16.0 Å². The van der Waals surface area contributed by atoms with E-state index in [2.05, 4.69) is 41.0 Å². The summed E-state index contributed by atoms with van der Waals surface area (Å²) in [7, 11) is 0. The van der Waals surface area contributed by atoms with Crippen molar-refractivity contribution in [2.24, 2.45) is 0 Å². The molecule has 3 aromatic rings. The first-order valence-corrected chi connectivity index (χ1v) is 13.1. The zero-order valence-electron chi connectivity index (χ0n) is 21.1. The van der Waals surface area contributed by atoms with E-state index in [1.165, 1.54) is 6.20 Å². The zero-order valence-corrected chi connectivity index (χ0v) is 21.8. The number of nitrogens with zero attached hydrogens (tertiary/aromatic N) is 4. The highest BCUT2D eigenvalue weighted by atomic mass is 35.5. The van der Waals surface area contributed by atoms with Gasteiger partial charge in [-0.2, -0.15) is 10.1 Å². The van der Waals surface area contributed by atoms with Gasteiger partial charge in [0.25, 0.3) is 0 Å². The van der Waals surface area contributed by atoms with Gasteiger partial charge < -0.3 is 20.9 Å². The average Bonchev–Trinajstić information content (AvgIpc) is 3.60. The normalized spacial score (nSPS) is 16.5. The Morgan fingerprint density at radius 3 is 2.65 bits per heavy atom. The number of hydrogen-bond acceptors (Lipinski definition) is 7. The van der Waals surface area contributed by atoms with E-state index in [0.29, 0.717) is 40.7 Å². The van der Waals surface area contributed by atoms with Gasteiger partial charge in [-0.1, -0.05) is 11.6 Å². The number of carbonyl (C=O) groups is 1. The predicted molar refractivity (Wildman–Crippen MR) is 142 cm³/mol. The molecule has 4 N–H and O–H groups in total. The summed E-state index contributed by atoms with van der Waals surface area (Å²) in [6.07, 6.45) is 6.11. The molecule has 1 saturated carbocycles. The molecule has 3 heterocycles. The van der Waals surface area contributed by atoms with Crippen LogP contribution in [0.3, 0.4) is 0 Å². The van der Waals surface area contributed by atoms with Crippen LogP contribution in [-0.2, 0) is 4.79 Å². The minimum atomic E-state index is -0.351. The van der Waals surface area contributed by atoms with Crippen LogP contribution in [0.2, 0.25) is 5.02 Å². The molecule has 0 radical (unpaired) electrons. The number of aromatic amines is 1. The SMILES string of the molecule is Cc1cc(Nc2nc(Nc3cc(C)c(C4CCN(CCC(=O)NC5CC5)CC4)cc3F)ncc2Cl)n[nH]1. The third-order valence-corrected chi connectivity index (χ3v) is 7.20. The zero-order chi connectivity index (χ0) is 25.9. The average molecular weight is 527 g/mol. The highest BCUT2D eigenvalue weighted by molar-refractivity contribution is 6.32. The number of likely N-dealkylation sites (tertiary alicyclic amines) is 1. The number of piperidine rings is 1. The van der Waals surface area contributed by atoms with E-state index in [4.69, 9.17) is 11.6 Å². The van der Waals surface area contributed by atoms with E-state index in [1.807, 2.05) is 19.9 Å². The van der Waals surface area contributed by atoms with Crippen molar-refractivity contribution in [3.8, 4) is 0 Å². The molecule has 11 heteroatoms. The standard InChI is InChI=1S/C26H32ClFN8O/c1-15-11-22(31-26-29-14-20(27)25(33-26)32-23-12-16(2)34-35-23)21(28)13-19(15)17-5-8-36(9-6-17)10-7-24(37)30-18-3-4-18/h11-14,17-18H,3-10H2,1-2H3,(H,30,37)(H3,29,31,32,33,34,35). The number of nitrogens with one attached hydrogen (secondary N) is 4. The molecule has 2 fully saturated rings. The first-order chi connectivity index (χ1) is 17.8. The Balaban J connectivity index is 1.19. The molecule has 0 unspecified atom stereocenters. The van der Waals surface area contributed by atoms with E-state index in [1.54, 1.807) is 12.1 Å². The molecule has 1 aromatic carbocycles. The molecule has 37 heavy (non-hydrogen) atoms. The van der Waals surface area contributed by atoms with Gasteiger partial charge >= 0.3 is 0 Å². The molecule has 2 aliphatic rings. The van der Waals surface area contributed by atoms with E-state index in [0.717, 1.165) is 62.1 Å². The lowest BCUT2D eigenvalue weighted by Gasteiger charge is -2.32. The predicted octanol–water partition coefficient (Wildman–Crippen LogP) is 4.94. The first kappa shape index (κ1) is 25.4. The van der Waals surface area contributed by atoms with Crippen LogP contribution in [0.15, 0.2) is 24.4 Å². The maximum absolute atomic E-state index is 15.2. The number of aromatic nitrogens is 4. The summed E-state index contributed by atoms with van der Waals surface area (Å²) in [6.45, 7) is 6.49.